The predicted molar refractivity (Wildman–Crippen MR) is 62.2 cm³/mol. The molecule has 86 valence electrons. The first-order chi connectivity index (χ1) is 7.70. The first-order valence-corrected chi connectivity index (χ1v) is 5.98. The van der Waals surface area contributed by atoms with Crippen LogP contribution < -0.4 is 0 Å². The molecule has 3 heteroatoms. The number of likely N-dealkylation sites (tertiary alicyclic amines) is 1. The van der Waals surface area contributed by atoms with Crippen LogP contribution in [-0.4, -0.2) is 30.0 Å². The van der Waals surface area contributed by atoms with Gasteiger partial charge in [0.2, 0.25) is 0 Å². The predicted octanol–water partition coefficient (Wildman–Crippen LogP) is 1.84. The summed E-state index contributed by atoms with van der Waals surface area (Å²) in [6.45, 7) is 5.05. The molecule has 2 aliphatic heterocycles. The van der Waals surface area contributed by atoms with Crippen molar-refractivity contribution in [2.75, 3.05) is 20.1 Å². The van der Waals surface area contributed by atoms with Gasteiger partial charge in [-0.15, -0.1) is 0 Å². The molecule has 3 heterocycles. The summed E-state index contributed by atoms with van der Waals surface area (Å²) in [7, 11) is 2.18. The molecule has 1 aromatic rings. The van der Waals surface area contributed by atoms with Crippen LogP contribution >= 0.6 is 0 Å². The maximum absolute atomic E-state index is 6.09. The zero-order valence-electron chi connectivity index (χ0n) is 9.99. The largest absolute Gasteiger partial charge is 0.365 e. The normalized spacial score (nSPS) is 23.6. The van der Waals surface area contributed by atoms with Gasteiger partial charge in [0, 0.05) is 30.5 Å². The minimum atomic E-state index is -0.00442. The number of hydrogen-bond donors (Lipinski definition) is 0. The number of pyridine rings is 1. The Kier molecular flexibility index (Phi) is 2.26. The number of nitrogens with zero attached hydrogens (tertiary/aromatic N) is 2. The Balaban J connectivity index is 1.98. The van der Waals surface area contributed by atoms with Crippen LogP contribution in [0.25, 0.3) is 0 Å². The molecular weight excluding hydrogens is 200 g/mol. The van der Waals surface area contributed by atoms with E-state index in [-0.39, 0.29) is 5.60 Å². The monoisotopic (exact) mass is 218 g/mol. The van der Waals surface area contributed by atoms with Crippen LogP contribution in [0.2, 0.25) is 0 Å². The summed E-state index contributed by atoms with van der Waals surface area (Å²) in [5, 5.41) is 0. The summed E-state index contributed by atoms with van der Waals surface area (Å²) in [6, 6.07) is 2.22. The van der Waals surface area contributed by atoms with Crippen LogP contribution in [0.4, 0.5) is 0 Å². The molecule has 0 saturated carbocycles. The molecule has 16 heavy (non-hydrogen) atoms. The first kappa shape index (κ1) is 10.2. The molecule has 0 radical (unpaired) electrons. The Labute approximate surface area is 96.4 Å². The molecule has 0 N–H and O–H groups in total. The summed E-state index contributed by atoms with van der Waals surface area (Å²) in [6.07, 6.45) is 4.21. The van der Waals surface area contributed by atoms with Gasteiger partial charge in [-0.3, -0.25) is 4.98 Å². The van der Waals surface area contributed by atoms with Crippen molar-refractivity contribution in [3.8, 4) is 0 Å². The van der Waals surface area contributed by atoms with Gasteiger partial charge in [-0.2, -0.15) is 0 Å². The van der Waals surface area contributed by atoms with Gasteiger partial charge < -0.3 is 9.64 Å². The van der Waals surface area contributed by atoms with Gasteiger partial charge in [0.05, 0.1) is 12.2 Å². The zero-order valence-corrected chi connectivity index (χ0v) is 9.99. The average molecular weight is 218 g/mol. The third-order valence-corrected chi connectivity index (χ3v) is 3.91. The van der Waals surface area contributed by atoms with Crippen molar-refractivity contribution in [2.24, 2.45) is 0 Å². The van der Waals surface area contributed by atoms with Crippen molar-refractivity contribution in [1.82, 2.24) is 9.88 Å². The highest BCUT2D eigenvalue weighted by molar-refractivity contribution is 5.35. The van der Waals surface area contributed by atoms with E-state index in [1.807, 2.05) is 6.20 Å². The fraction of sp³-hybridized carbons (Fsp3) is 0.615. The fourth-order valence-electron chi connectivity index (χ4n) is 2.81. The second-order valence-corrected chi connectivity index (χ2v) is 5.07. The van der Waals surface area contributed by atoms with Crippen LogP contribution in [0.1, 0.15) is 29.7 Å². The summed E-state index contributed by atoms with van der Waals surface area (Å²) >= 11 is 0. The average Bonchev–Trinajstić information content (AvgIpc) is 2.62. The molecule has 0 atom stereocenters. The number of fused-ring (bicyclic) bond motifs is 2. The lowest BCUT2D eigenvalue weighted by Gasteiger charge is -2.37. The van der Waals surface area contributed by atoms with Crippen LogP contribution in [0.5, 0.6) is 0 Å². The number of aromatic nitrogens is 1. The quantitative estimate of drug-likeness (QED) is 0.664. The lowest BCUT2D eigenvalue weighted by molar-refractivity contribution is -0.0755. The van der Waals surface area contributed by atoms with Gasteiger partial charge in [-0.25, -0.2) is 0 Å². The molecule has 2 aliphatic rings. The molecule has 1 spiro atoms. The maximum atomic E-state index is 6.09. The summed E-state index contributed by atoms with van der Waals surface area (Å²) < 4.78 is 6.09. The van der Waals surface area contributed by atoms with Gasteiger partial charge in [0.25, 0.3) is 0 Å². The van der Waals surface area contributed by atoms with E-state index in [1.165, 1.54) is 11.1 Å². The molecule has 1 aromatic heterocycles. The fourth-order valence-corrected chi connectivity index (χ4v) is 2.81. The molecule has 1 saturated heterocycles. The van der Waals surface area contributed by atoms with Crippen molar-refractivity contribution in [1.29, 1.82) is 0 Å². The van der Waals surface area contributed by atoms with Gasteiger partial charge in [0.15, 0.2) is 0 Å². The standard InChI is InChI=1S/C13H18N2O/c1-10-7-12-11(8-14-10)9-16-13(12)3-5-15(2)6-4-13/h7-8H,3-6,9H2,1-2H3. The zero-order chi connectivity index (χ0) is 11.2. The van der Waals surface area contributed by atoms with Crippen molar-refractivity contribution in [2.45, 2.75) is 32.0 Å². The number of ether oxygens (including phenoxy) is 1. The van der Waals surface area contributed by atoms with Crippen molar-refractivity contribution in [3.05, 3.63) is 29.1 Å². The van der Waals surface area contributed by atoms with E-state index in [4.69, 9.17) is 4.74 Å². The van der Waals surface area contributed by atoms with E-state index in [1.54, 1.807) is 0 Å². The Morgan fingerprint density at radius 2 is 2.12 bits per heavy atom. The number of piperidine rings is 1. The Morgan fingerprint density at radius 1 is 1.38 bits per heavy atom. The topological polar surface area (TPSA) is 25.4 Å². The van der Waals surface area contributed by atoms with Crippen LogP contribution in [0, 0.1) is 6.92 Å². The van der Waals surface area contributed by atoms with E-state index in [0.717, 1.165) is 38.2 Å². The second-order valence-electron chi connectivity index (χ2n) is 5.07. The van der Waals surface area contributed by atoms with Crippen molar-refractivity contribution < 1.29 is 4.74 Å². The van der Waals surface area contributed by atoms with Crippen LogP contribution in [0.3, 0.4) is 0 Å². The number of aryl methyl sites for hydroxylation is 1. The second kappa shape index (κ2) is 3.54. The molecule has 0 unspecified atom stereocenters. The molecule has 0 amide bonds. The van der Waals surface area contributed by atoms with E-state index in [0.29, 0.717) is 0 Å². The van der Waals surface area contributed by atoms with Crippen molar-refractivity contribution in [3.63, 3.8) is 0 Å². The molecule has 0 bridgehead atoms. The lowest BCUT2D eigenvalue weighted by Crippen LogP contribution is -2.40. The van der Waals surface area contributed by atoms with Gasteiger partial charge in [-0.05, 0) is 38.4 Å². The highest BCUT2D eigenvalue weighted by Gasteiger charge is 2.42. The first-order valence-electron chi connectivity index (χ1n) is 5.98. The van der Waals surface area contributed by atoms with Gasteiger partial charge in [-0.1, -0.05) is 0 Å². The number of rotatable bonds is 0. The van der Waals surface area contributed by atoms with Crippen molar-refractivity contribution >= 4 is 0 Å². The molecule has 3 nitrogen and oxygen atoms in total. The van der Waals surface area contributed by atoms with Gasteiger partial charge in [0.1, 0.15) is 0 Å². The highest BCUT2D eigenvalue weighted by atomic mass is 16.5. The van der Waals surface area contributed by atoms with E-state index < -0.39 is 0 Å². The number of hydrogen-bond acceptors (Lipinski definition) is 3. The third-order valence-electron chi connectivity index (χ3n) is 3.91. The minimum absolute atomic E-state index is 0.00442. The Morgan fingerprint density at radius 3 is 2.88 bits per heavy atom. The molecule has 3 rings (SSSR count). The highest BCUT2D eigenvalue weighted by Crippen LogP contribution is 2.43. The molecule has 0 aliphatic carbocycles. The third kappa shape index (κ3) is 1.46. The SMILES string of the molecule is Cc1cc2c(cn1)COC21CCN(C)CC1. The summed E-state index contributed by atoms with van der Waals surface area (Å²) in [5.74, 6) is 0. The van der Waals surface area contributed by atoms with E-state index in [9.17, 15) is 0 Å². The Hall–Kier alpha value is -0.930. The Bertz CT molecular complexity index is 408. The van der Waals surface area contributed by atoms with E-state index in [2.05, 4.69) is 29.9 Å². The smallest absolute Gasteiger partial charge is 0.0964 e. The van der Waals surface area contributed by atoms with Gasteiger partial charge >= 0.3 is 0 Å². The molecule has 1 fully saturated rings. The van der Waals surface area contributed by atoms with Crippen LogP contribution in [-0.2, 0) is 16.9 Å². The molecular formula is C13H18N2O. The van der Waals surface area contributed by atoms with Crippen LogP contribution in [0.15, 0.2) is 12.3 Å². The summed E-state index contributed by atoms with van der Waals surface area (Å²) in [4.78, 5) is 6.73. The summed E-state index contributed by atoms with van der Waals surface area (Å²) in [5.41, 5.74) is 3.78. The molecule has 0 aromatic carbocycles. The maximum Gasteiger partial charge on any atom is 0.0964 e. The lowest BCUT2D eigenvalue weighted by atomic mass is 9.84. The minimum Gasteiger partial charge on any atom is -0.365 e. The van der Waals surface area contributed by atoms with E-state index >= 15 is 0 Å².